The molecule has 1 aliphatic heterocycles. The number of carbonyl (C=O) groups excluding carboxylic acids is 1. The summed E-state index contributed by atoms with van der Waals surface area (Å²) in [5.74, 6) is 0.868. The zero-order valence-corrected chi connectivity index (χ0v) is 16.7. The first-order chi connectivity index (χ1) is 13.6. The Hall–Kier alpha value is -2.11. The van der Waals surface area contributed by atoms with Crippen molar-refractivity contribution in [2.45, 2.75) is 38.3 Å². The van der Waals surface area contributed by atoms with Crippen LogP contribution in [0.1, 0.15) is 41.6 Å². The van der Waals surface area contributed by atoms with Crippen molar-refractivity contribution in [1.29, 1.82) is 0 Å². The number of aromatic nitrogens is 1. The summed E-state index contributed by atoms with van der Waals surface area (Å²) in [7, 11) is 0. The van der Waals surface area contributed by atoms with Crippen LogP contribution in [0.4, 0.5) is 0 Å². The molecule has 1 aliphatic carbocycles. The number of hydrogen-bond acceptors (Lipinski definition) is 3. The van der Waals surface area contributed by atoms with Crippen LogP contribution >= 0.6 is 11.6 Å². The van der Waals surface area contributed by atoms with Gasteiger partial charge >= 0.3 is 0 Å². The molecule has 0 unspecified atom stereocenters. The Morgan fingerprint density at radius 1 is 1.07 bits per heavy atom. The Kier molecular flexibility index (Phi) is 5.83. The molecule has 5 nitrogen and oxygen atoms in total. The number of pyridine rings is 1. The number of likely N-dealkylation sites (tertiary alicyclic amines) is 1. The largest absolute Gasteiger partial charge is 0.338 e. The maximum absolute atomic E-state index is 12.9. The second-order valence-electron chi connectivity index (χ2n) is 7.89. The Morgan fingerprint density at radius 3 is 2.54 bits per heavy atom. The van der Waals surface area contributed by atoms with E-state index in [4.69, 9.17) is 11.6 Å². The van der Waals surface area contributed by atoms with E-state index in [1.54, 1.807) is 22.9 Å². The third-order valence-corrected chi connectivity index (χ3v) is 6.07. The number of rotatable bonds is 6. The van der Waals surface area contributed by atoms with E-state index in [0.717, 1.165) is 44.0 Å². The van der Waals surface area contributed by atoms with Crippen molar-refractivity contribution in [3.05, 3.63) is 69.1 Å². The van der Waals surface area contributed by atoms with Gasteiger partial charge in [-0.3, -0.25) is 9.59 Å². The number of hydrogen-bond donors (Lipinski definition) is 1. The number of nitrogens with zero attached hydrogens (tertiary/aromatic N) is 2. The lowest BCUT2D eigenvalue weighted by Gasteiger charge is -2.32. The second kappa shape index (κ2) is 8.50. The lowest BCUT2D eigenvalue weighted by atomic mass is 10.0. The molecule has 1 saturated heterocycles. The SMILES string of the molecule is O=C(c1ccc(=O)n(Cc2ccccc2Cl)c1)N1CCC(NCC2CC2)CC1. The molecule has 0 bridgehead atoms. The average molecular weight is 400 g/mol. The maximum Gasteiger partial charge on any atom is 0.255 e. The maximum atomic E-state index is 12.9. The minimum Gasteiger partial charge on any atom is -0.338 e. The quantitative estimate of drug-likeness (QED) is 0.811. The molecule has 148 valence electrons. The molecule has 1 amide bonds. The molecule has 2 fully saturated rings. The molecular formula is C22H26ClN3O2. The summed E-state index contributed by atoms with van der Waals surface area (Å²) in [5.41, 5.74) is 1.27. The number of benzene rings is 1. The van der Waals surface area contributed by atoms with Gasteiger partial charge in [0.2, 0.25) is 0 Å². The summed E-state index contributed by atoms with van der Waals surface area (Å²) in [4.78, 5) is 27.1. The summed E-state index contributed by atoms with van der Waals surface area (Å²) >= 11 is 6.22. The van der Waals surface area contributed by atoms with E-state index in [1.807, 2.05) is 23.1 Å². The van der Waals surface area contributed by atoms with Crippen LogP contribution in [-0.2, 0) is 6.54 Å². The summed E-state index contributed by atoms with van der Waals surface area (Å²) in [5, 5.41) is 4.25. The van der Waals surface area contributed by atoms with Gasteiger partial charge in [0.05, 0.1) is 12.1 Å². The highest BCUT2D eigenvalue weighted by molar-refractivity contribution is 6.31. The standard InChI is InChI=1S/C22H26ClN3O2/c23-20-4-2-1-3-17(20)14-26-15-18(7-8-21(26)27)22(28)25-11-9-19(10-12-25)24-13-16-5-6-16/h1-4,7-8,15-16,19,24H,5-6,9-14H2. The van der Waals surface area contributed by atoms with Gasteiger partial charge in [0, 0.05) is 36.4 Å². The van der Waals surface area contributed by atoms with Gasteiger partial charge in [0.15, 0.2) is 0 Å². The summed E-state index contributed by atoms with van der Waals surface area (Å²) in [6.45, 7) is 2.98. The van der Waals surface area contributed by atoms with Crippen molar-refractivity contribution >= 4 is 17.5 Å². The molecule has 0 radical (unpaired) electrons. The van der Waals surface area contributed by atoms with Crippen LogP contribution in [0.25, 0.3) is 0 Å². The van der Waals surface area contributed by atoms with Crippen LogP contribution in [0.2, 0.25) is 5.02 Å². The highest BCUT2D eigenvalue weighted by Gasteiger charge is 2.26. The van der Waals surface area contributed by atoms with Gasteiger partial charge in [-0.1, -0.05) is 29.8 Å². The Morgan fingerprint density at radius 2 is 1.82 bits per heavy atom. The summed E-state index contributed by atoms with van der Waals surface area (Å²) < 4.78 is 1.55. The van der Waals surface area contributed by atoms with Crippen molar-refractivity contribution in [2.75, 3.05) is 19.6 Å². The van der Waals surface area contributed by atoms with Gasteiger partial charge in [-0.2, -0.15) is 0 Å². The van der Waals surface area contributed by atoms with Crippen LogP contribution < -0.4 is 10.9 Å². The lowest BCUT2D eigenvalue weighted by Crippen LogP contribution is -2.45. The highest BCUT2D eigenvalue weighted by Crippen LogP contribution is 2.28. The van der Waals surface area contributed by atoms with E-state index in [-0.39, 0.29) is 11.5 Å². The number of halogens is 1. The number of piperidine rings is 1. The fourth-order valence-corrected chi connectivity index (χ4v) is 3.91. The van der Waals surface area contributed by atoms with Gasteiger partial charge < -0.3 is 14.8 Å². The summed E-state index contributed by atoms with van der Waals surface area (Å²) in [6, 6.07) is 11.1. The Balaban J connectivity index is 1.40. The average Bonchev–Trinajstić information content (AvgIpc) is 3.54. The smallest absolute Gasteiger partial charge is 0.255 e. The zero-order valence-electron chi connectivity index (χ0n) is 15.9. The predicted octanol–water partition coefficient (Wildman–Crippen LogP) is 3.15. The van der Waals surface area contributed by atoms with Crippen molar-refractivity contribution in [3.8, 4) is 0 Å². The molecular weight excluding hydrogens is 374 g/mol. The van der Waals surface area contributed by atoms with E-state index in [0.29, 0.717) is 23.2 Å². The van der Waals surface area contributed by atoms with E-state index in [1.165, 1.54) is 18.9 Å². The van der Waals surface area contributed by atoms with Gasteiger partial charge in [-0.25, -0.2) is 0 Å². The van der Waals surface area contributed by atoms with Crippen LogP contribution in [0.5, 0.6) is 0 Å². The number of nitrogens with one attached hydrogen (secondary N) is 1. The van der Waals surface area contributed by atoms with Crippen LogP contribution in [0, 0.1) is 5.92 Å². The molecule has 1 saturated carbocycles. The molecule has 1 N–H and O–H groups in total. The fourth-order valence-electron chi connectivity index (χ4n) is 3.72. The van der Waals surface area contributed by atoms with E-state index >= 15 is 0 Å². The second-order valence-corrected chi connectivity index (χ2v) is 8.30. The first kappa shape index (κ1) is 19.2. The van der Waals surface area contributed by atoms with E-state index in [2.05, 4.69) is 5.32 Å². The minimum absolute atomic E-state index is 0.00597. The predicted molar refractivity (Wildman–Crippen MR) is 111 cm³/mol. The molecule has 2 aromatic rings. The Bertz CT molecular complexity index is 899. The molecule has 28 heavy (non-hydrogen) atoms. The molecule has 2 aliphatic rings. The van der Waals surface area contributed by atoms with E-state index in [9.17, 15) is 9.59 Å². The highest BCUT2D eigenvalue weighted by atomic mass is 35.5. The van der Waals surface area contributed by atoms with Crippen molar-refractivity contribution < 1.29 is 4.79 Å². The van der Waals surface area contributed by atoms with Crippen molar-refractivity contribution in [2.24, 2.45) is 5.92 Å². The van der Waals surface area contributed by atoms with Crippen molar-refractivity contribution in [1.82, 2.24) is 14.8 Å². The molecule has 2 heterocycles. The molecule has 6 heteroatoms. The lowest BCUT2D eigenvalue weighted by molar-refractivity contribution is 0.0704. The first-order valence-electron chi connectivity index (χ1n) is 10.1. The number of amides is 1. The first-order valence-corrected chi connectivity index (χ1v) is 10.4. The monoisotopic (exact) mass is 399 g/mol. The summed E-state index contributed by atoms with van der Waals surface area (Å²) in [6.07, 6.45) is 6.34. The number of carbonyl (C=O) groups is 1. The third kappa shape index (κ3) is 4.65. The van der Waals surface area contributed by atoms with Crippen molar-refractivity contribution in [3.63, 3.8) is 0 Å². The van der Waals surface area contributed by atoms with Crippen LogP contribution in [-0.4, -0.2) is 41.1 Å². The molecule has 0 spiro atoms. The van der Waals surface area contributed by atoms with Crippen LogP contribution in [0.15, 0.2) is 47.4 Å². The van der Waals surface area contributed by atoms with Gasteiger partial charge in [0.25, 0.3) is 11.5 Å². The molecule has 1 aromatic carbocycles. The molecule has 4 rings (SSSR count). The third-order valence-electron chi connectivity index (χ3n) is 5.70. The minimum atomic E-state index is -0.139. The van der Waals surface area contributed by atoms with Crippen LogP contribution in [0.3, 0.4) is 0 Å². The molecule has 1 aromatic heterocycles. The zero-order chi connectivity index (χ0) is 19.5. The molecule has 0 atom stereocenters. The Labute approximate surface area is 170 Å². The van der Waals surface area contributed by atoms with Gasteiger partial charge in [-0.15, -0.1) is 0 Å². The fraction of sp³-hybridized carbons (Fsp3) is 0.455. The van der Waals surface area contributed by atoms with Gasteiger partial charge in [-0.05, 0) is 55.8 Å². The van der Waals surface area contributed by atoms with Gasteiger partial charge in [0.1, 0.15) is 0 Å². The topological polar surface area (TPSA) is 54.3 Å². The normalized spacial score (nSPS) is 17.7. The van der Waals surface area contributed by atoms with E-state index < -0.39 is 0 Å².